The molecule has 5 heteroatoms. The summed E-state index contributed by atoms with van der Waals surface area (Å²) in [4.78, 5) is 30.4. The molecule has 0 aliphatic rings. The molecule has 2 aromatic carbocycles. The van der Waals surface area contributed by atoms with E-state index in [4.69, 9.17) is 4.74 Å². The van der Waals surface area contributed by atoms with E-state index in [2.05, 4.69) is 4.98 Å². The Morgan fingerprint density at radius 1 is 1.00 bits per heavy atom. The fraction of sp³-hybridized carbons (Fsp3) is 0.150. The Morgan fingerprint density at radius 2 is 1.72 bits per heavy atom. The zero-order valence-corrected chi connectivity index (χ0v) is 13.9. The minimum absolute atomic E-state index is 0.216. The topological polar surface area (TPSA) is 59.5 Å². The molecule has 0 bridgehead atoms. The van der Waals surface area contributed by atoms with Gasteiger partial charge in [-0.05, 0) is 30.5 Å². The fourth-order valence-corrected chi connectivity index (χ4v) is 2.67. The number of ether oxygens (including phenoxy) is 1. The summed E-state index contributed by atoms with van der Waals surface area (Å²) in [5.41, 5.74) is 0.989. The first-order valence-corrected chi connectivity index (χ1v) is 8.07. The number of hydrogen-bond acceptors (Lipinski definition) is 4. The number of para-hydroxylation sites is 1. The van der Waals surface area contributed by atoms with Crippen LogP contribution in [0.1, 0.15) is 17.4 Å². The van der Waals surface area contributed by atoms with Gasteiger partial charge in [-0.1, -0.05) is 42.5 Å². The van der Waals surface area contributed by atoms with Crippen molar-refractivity contribution in [1.29, 1.82) is 0 Å². The second-order valence-electron chi connectivity index (χ2n) is 5.43. The summed E-state index contributed by atoms with van der Waals surface area (Å²) < 4.78 is 5.21. The van der Waals surface area contributed by atoms with Crippen LogP contribution in [0, 0.1) is 0 Å². The van der Waals surface area contributed by atoms with Crippen LogP contribution in [-0.4, -0.2) is 30.0 Å². The van der Waals surface area contributed by atoms with Crippen molar-refractivity contribution in [2.75, 3.05) is 18.1 Å². The quantitative estimate of drug-likeness (QED) is 0.671. The summed E-state index contributed by atoms with van der Waals surface area (Å²) in [7, 11) is 0. The van der Waals surface area contributed by atoms with Gasteiger partial charge in [0.05, 0.1) is 0 Å². The Labute approximate surface area is 145 Å². The number of rotatable bonds is 5. The molecule has 0 N–H and O–H groups in total. The summed E-state index contributed by atoms with van der Waals surface area (Å²) in [5.74, 6) is -0.878. The van der Waals surface area contributed by atoms with Crippen LogP contribution in [0.5, 0.6) is 0 Å². The van der Waals surface area contributed by atoms with Crippen molar-refractivity contribution in [2.24, 2.45) is 0 Å². The van der Waals surface area contributed by atoms with Crippen LogP contribution in [0.4, 0.5) is 5.69 Å². The molecule has 3 aromatic rings. The molecule has 0 aliphatic heterocycles. The van der Waals surface area contributed by atoms with Gasteiger partial charge in [-0.15, -0.1) is 0 Å². The Bertz CT molecular complexity index is 888. The minimum atomic E-state index is -0.603. The number of fused-ring (bicyclic) bond motifs is 1. The predicted octanol–water partition coefficient (Wildman–Crippen LogP) is 3.44. The lowest BCUT2D eigenvalue weighted by molar-refractivity contribution is -0.121. The number of benzene rings is 2. The van der Waals surface area contributed by atoms with Gasteiger partial charge in [-0.25, -0.2) is 9.78 Å². The van der Waals surface area contributed by atoms with Gasteiger partial charge in [0.25, 0.3) is 5.91 Å². The second-order valence-corrected chi connectivity index (χ2v) is 5.43. The molecule has 126 valence electrons. The van der Waals surface area contributed by atoms with Crippen molar-refractivity contribution in [3.05, 3.63) is 72.6 Å². The van der Waals surface area contributed by atoms with Crippen molar-refractivity contribution in [1.82, 2.24) is 4.98 Å². The van der Waals surface area contributed by atoms with E-state index in [1.165, 1.54) is 0 Å². The molecule has 0 aliphatic carbocycles. The van der Waals surface area contributed by atoms with Crippen molar-refractivity contribution >= 4 is 28.3 Å². The number of esters is 1. The maximum Gasteiger partial charge on any atom is 0.358 e. The fourth-order valence-electron chi connectivity index (χ4n) is 2.67. The summed E-state index contributed by atoms with van der Waals surface area (Å²) in [6, 6.07) is 18.5. The van der Waals surface area contributed by atoms with E-state index < -0.39 is 5.97 Å². The third-order valence-corrected chi connectivity index (χ3v) is 3.88. The van der Waals surface area contributed by atoms with E-state index in [1.54, 1.807) is 11.1 Å². The molecule has 0 atom stereocenters. The molecule has 3 rings (SSSR count). The van der Waals surface area contributed by atoms with Crippen molar-refractivity contribution in [3.8, 4) is 0 Å². The number of carbonyl (C=O) groups is 2. The second kappa shape index (κ2) is 7.57. The van der Waals surface area contributed by atoms with E-state index in [-0.39, 0.29) is 18.2 Å². The third kappa shape index (κ3) is 3.66. The van der Waals surface area contributed by atoms with Crippen LogP contribution < -0.4 is 4.90 Å². The number of aromatic nitrogens is 1. The smallest absolute Gasteiger partial charge is 0.358 e. The Balaban J connectivity index is 1.72. The molecule has 0 saturated carbocycles. The van der Waals surface area contributed by atoms with Crippen LogP contribution in [0.2, 0.25) is 0 Å². The van der Waals surface area contributed by atoms with E-state index in [0.717, 1.165) is 11.1 Å². The molecule has 0 radical (unpaired) electrons. The first-order chi connectivity index (χ1) is 12.2. The first-order valence-electron chi connectivity index (χ1n) is 8.07. The zero-order valence-electron chi connectivity index (χ0n) is 13.9. The average molecular weight is 334 g/mol. The number of carbonyl (C=O) groups excluding carboxylic acids is 2. The highest BCUT2D eigenvalue weighted by Gasteiger charge is 2.18. The number of anilines is 1. The summed E-state index contributed by atoms with van der Waals surface area (Å²) in [6.07, 6.45) is 1.56. The maximum absolute atomic E-state index is 12.4. The van der Waals surface area contributed by atoms with Gasteiger partial charge < -0.3 is 9.64 Å². The highest BCUT2D eigenvalue weighted by atomic mass is 16.5. The molecule has 0 unspecified atom stereocenters. The number of hydrogen-bond donors (Lipinski definition) is 0. The standard InChI is InChI=1S/C20H18N2O3/c1-2-22(16-9-4-3-5-10-16)18(23)14-25-20(24)19-17-11-7-6-8-15(17)12-13-21-19/h3-13H,2,14H2,1H3. The molecular weight excluding hydrogens is 316 g/mol. The lowest BCUT2D eigenvalue weighted by Gasteiger charge is -2.20. The molecule has 0 spiro atoms. The van der Waals surface area contributed by atoms with Crippen LogP contribution in [-0.2, 0) is 9.53 Å². The molecule has 1 amide bonds. The van der Waals surface area contributed by atoms with Gasteiger partial charge in [0.2, 0.25) is 0 Å². The van der Waals surface area contributed by atoms with Gasteiger partial charge >= 0.3 is 5.97 Å². The minimum Gasteiger partial charge on any atom is -0.451 e. The normalized spacial score (nSPS) is 10.4. The van der Waals surface area contributed by atoms with Crippen molar-refractivity contribution in [3.63, 3.8) is 0 Å². The molecule has 1 heterocycles. The largest absolute Gasteiger partial charge is 0.451 e. The summed E-state index contributed by atoms with van der Waals surface area (Å²) in [5, 5.41) is 1.60. The third-order valence-electron chi connectivity index (χ3n) is 3.88. The van der Waals surface area contributed by atoms with E-state index in [1.807, 2.05) is 67.6 Å². The van der Waals surface area contributed by atoms with Crippen LogP contribution in [0.15, 0.2) is 66.9 Å². The van der Waals surface area contributed by atoms with Crippen LogP contribution in [0.3, 0.4) is 0 Å². The van der Waals surface area contributed by atoms with E-state index >= 15 is 0 Å². The molecule has 1 aromatic heterocycles. The van der Waals surface area contributed by atoms with Crippen LogP contribution >= 0.6 is 0 Å². The lowest BCUT2D eigenvalue weighted by atomic mass is 10.1. The monoisotopic (exact) mass is 334 g/mol. The van der Waals surface area contributed by atoms with Crippen molar-refractivity contribution in [2.45, 2.75) is 6.92 Å². The molecule has 25 heavy (non-hydrogen) atoms. The SMILES string of the molecule is CCN(C(=O)COC(=O)c1nccc2ccccc12)c1ccccc1. The first kappa shape index (κ1) is 16.6. The number of nitrogens with zero attached hydrogens (tertiary/aromatic N) is 2. The highest BCUT2D eigenvalue weighted by Crippen LogP contribution is 2.17. The molecule has 5 nitrogen and oxygen atoms in total. The van der Waals surface area contributed by atoms with E-state index in [0.29, 0.717) is 11.9 Å². The summed E-state index contributed by atoms with van der Waals surface area (Å²) >= 11 is 0. The number of likely N-dealkylation sites (N-methyl/N-ethyl adjacent to an activating group) is 1. The molecule has 0 fully saturated rings. The number of pyridine rings is 1. The Kier molecular flexibility index (Phi) is 5.04. The van der Waals surface area contributed by atoms with Crippen molar-refractivity contribution < 1.29 is 14.3 Å². The van der Waals surface area contributed by atoms with Gasteiger partial charge in [0.1, 0.15) is 0 Å². The predicted molar refractivity (Wildman–Crippen MR) is 96.5 cm³/mol. The van der Waals surface area contributed by atoms with Crippen LogP contribution in [0.25, 0.3) is 10.8 Å². The maximum atomic E-state index is 12.4. The van der Waals surface area contributed by atoms with Gasteiger partial charge in [0.15, 0.2) is 12.3 Å². The molecule has 0 saturated heterocycles. The Hall–Kier alpha value is -3.21. The van der Waals surface area contributed by atoms with Gasteiger partial charge in [0, 0.05) is 23.8 Å². The number of amides is 1. The summed E-state index contributed by atoms with van der Waals surface area (Å²) in [6.45, 7) is 2.04. The zero-order chi connectivity index (χ0) is 17.6. The van der Waals surface area contributed by atoms with E-state index in [9.17, 15) is 9.59 Å². The lowest BCUT2D eigenvalue weighted by Crippen LogP contribution is -2.34. The Morgan fingerprint density at radius 3 is 2.48 bits per heavy atom. The highest BCUT2D eigenvalue weighted by molar-refractivity contribution is 6.03. The van der Waals surface area contributed by atoms with Gasteiger partial charge in [-0.2, -0.15) is 0 Å². The van der Waals surface area contributed by atoms with Gasteiger partial charge in [-0.3, -0.25) is 4.79 Å². The average Bonchev–Trinajstić information content (AvgIpc) is 2.67. The molecular formula is C20H18N2O3.